The van der Waals surface area contributed by atoms with Crippen LogP contribution in [0, 0.1) is 5.41 Å². The summed E-state index contributed by atoms with van der Waals surface area (Å²) >= 11 is 0. The summed E-state index contributed by atoms with van der Waals surface area (Å²) in [4.78, 5) is 58.5. The van der Waals surface area contributed by atoms with E-state index in [1.54, 1.807) is 6.92 Å². The van der Waals surface area contributed by atoms with Crippen molar-refractivity contribution in [2.45, 2.75) is 71.6 Å². The summed E-state index contributed by atoms with van der Waals surface area (Å²) < 4.78 is 0. The third-order valence-electron chi connectivity index (χ3n) is 6.44. The van der Waals surface area contributed by atoms with Crippen LogP contribution in [0.4, 0.5) is 4.79 Å². The second-order valence-electron chi connectivity index (χ2n) is 9.92. The Morgan fingerprint density at radius 3 is 2.53 bits per heavy atom. The Morgan fingerprint density at radius 1 is 1.25 bits per heavy atom. The van der Waals surface area contributed by atoms with Crippen molar-refractivity contribution in [3.05, 3.63) is 48.0 Å². The van der Waals surface area contributed by atoms with Gasteiger partial charge in [-0.1, -0.05) is 63.9 Å². The summed E-state index contributed by atoms with van der Waals surface area (Å²) in [7, 11) is 0. The number of likely N-dealkylation sites (tertiary alicyclic amines) is 1. The third-order valence-corrected chi connectivity index (χ3v) is 6.44. The molecule has 0 aliphatic carbocycles. The molecule has 11 heteroatoms. The number of hydrogen-bond acceptors (Lipinski definition) is 6. The molecular weight excluding hydrogens is 464 g/mol. The average molecular weight is 499 g/mol. The molecule has 2 unspecified atom stereocenters. The van der Waals surface area contributed by atoms with Gasteiger partial charge in [-0.05, 0) is 30.7 Å². The number of nitrogens with zero attached hydrogens (tertiary/aromatic N) is 4. The van der Waals surface area contributed by atoms with Crippen LogP contribution in [0.15, 0.2) is 36.7 Å². The zero-order chi connectivity index (χ0) is 26.5. The highest BCUT2D eigenvalue weighted by atomic mass is 16.4. The van der Waals surface area contributed by atoms with Gasteiger partial charge in [-0.2, -0.15) is 0 Å². The lowest BCUT2D eigenvalue weighted by molar-refractivity contribution is -0.142. The van der Waals surface area contributed by atoms with Crippen molar-refractivity contribution in [1.29, 1.82) is 0 Å². The summed E-state index contributed by atoms with van der Waals surface area (Å²) in [6.07, 6.45) is 0.644. The predicted octanol–water partition coefficient (Wildman–Crippen LogP) is 2.99. The summed E-state index contributed by atoms with van der Waals surface area (Å²) in [6, 6.07) is 7.49. The van der Waals surface area contributed by atoms with Gasteiger partial charge in [0, 0.05) is 6.54 Å². The molecule has 1 saturated heterocycles. The first kappa shape index (κ1) is 26.8. The van der Waals surface area contributed by atoms with Crippen LogP contribution < -0.4 is 5.32 Å². The number of carbonyl (C=O) groups is 4. The number of H-pyrrole nitrogens is 1. The second-order valence-corrected chi connectivity index (χ2v) is 9.92. The van der Waals surface area contributed by atoms with Crippen LogP contribution in [0.3, 0.4) is 0 Å². The molecule has 2 heterocycles. The van der Waals surface area contributed by atoms with Crippen LogP contribution in [-0.2, 0) is 9.59 Å². The number of rotatable bonds is 10. The fourth-order valence-corrected chi connectivity index (χ4v) is 4.64. The van der Waals surface area contributed by atoms with Gasteiger partial charge in [0.2, 0.25) is 11.6 Å². The first-order valence-electron chi connectivity index (χ1n) is 12.1. The SMILES string of the molecule is CCCC[C@@H](C(=O)C(=O)NC(C)c1ccccc1)N(C(=O)O)C1CC(C)(C)CN1C(=O)c1nc[nH]n1. The van der Waals surface area contributed by atoms with E-state index in [4.69, 9.17) is 0 Å². The van der Waals surface area contributed by atoms with Crippen LogP contribution in [-0.4, -0.2) is 72.5 Å². The average Bonchev–Trinajstić information content (AvgIpc) is 3.48. The van der Waals surface area contributed by atoms with Crippen molar-refractivity contribution in [2.75, 3.05) is 6.54 Å². The molecule has 1 aliphatic heterocycles. The van der Waals surface area contributed by atoms with E-state index in [1.165, 1.54) is 11.2 Å². The molecule has 0 spiro atoms. The number of carbonyl (C=O) groups excluding carboxylic acids is 3. The smallest absolute Gasteiger partial charge is 0.409 e. The normalized spacial score (nSPS) is 18.3. The van der Waals surface area contributed by atoms with Gasteiger partial charge >= 0.3 is 6.09 Å². The Labute approximate surface area is 210 Å². The number of aromatic nitrogens is 3. The lowest BCUT2D eigenvalue weighted by Gasteiger charge is -2.37. The first-order chi connectivity index (χ1) is 17.1. The van der Waals surface area contributed by atoms with Gasteiger partial charge in [-0.25, -0.2) is 9.78 Å². The van der Waals surface area contributed by atoms with Crippen LogP contribution in [0.25, 0.3) is 0 Å². The van der Waals surface area contributed by atoms with Crippen LogP contribution in [0.5, 0.6) is 0 Å². The van der Waals surface area contributed by atoms with E-state index >= 15 is 0 Å². The molecule has 3 atom stereocenters. The molecule has 194 valence electrons. The van der Waals surface area contributed by atoms with Gasteiger partial charge in [0.15, 0.2) is 0 Å². The lowest BCUT2D eigenvalue weighted by Crippen LogP contribution is -2.58. The number of carboxylic acid groups (broad SMARTS) is 1. The molecule has 0 bridgehead atoms. The van der Waals surface area contributed by atoms with Crippen LogP contribution in [0.2, 0.25) is 0 Å². The van der Waals surface area contributed by atoms with Gasteiger partial charge < -0.3 is 15.3 Å². The second kappa shape index (κ2) is 11.3. The molecule has 3 N–H and O–H groups in total. The molecule has 0 radical (unpaired) electrons. The Balaban J connectivity index is 1.90. The van der Waals surface area contributed by atoms with E-state index in [0.29, 0.717) is 19.3 Å². The lowest BCUT2D eigenvalue weighted by atomic mass is 9.91. The molecule has 1 aromatic carbocycles. The Hall–Kier alpha value is -3.76. The summed E-state index contributed by atoms with van der Waals surface area (Å²) in [5, 5.41) is 19.3. The molecule has 1 aliphatic rings. The van der Waals surface area contributed by atoms with E-state index in [9.17, 15) is 24.3 Å². The zero-order valence-corrected chi connectivity index (χ0v) is 21.1. The minimum Gasteiger partial charge on any atom is -0.465 e. The highest BCUT2D eigenvalue weighted by molar-refractivity contribution is 6.38. The molecule has 3 amide bonds. The van der Waals surface area contributed by atoms with Gasteiger partial charge in [0.25, 0.3) is 11.8 Å². The first-order valence-corrected chi connectivity index (χ1v) is 12.1. The molecule has 2 aromatic rings. The third kappa shape index (κ3) is 6.07. The maximum Gasteiger partial charge on any atom is 0.409 e. The molecule has 36 heavy (non-hydrogen) atoms. The Morgan fingerprint density at radius 2 is 1.94 bits per heavy atom. The van der Waals surface area contributed by atoms with Gasteiger partial charge in [-0.3, -0.25) is 24.4 Å². The maximum absolute atomic E-state index is 13.4. The number of Topliss-reactive ketones (excluding diaryl/α,β-unsaturated/α-hetero) is 1. The Kier molecular flexibility index (Phi) is 8.44. The summed E-state index contributed by atoms with van der Waals surface area (Å²) in [6.45, 7) is 7.76. The summed E-state index contributed by atoms with van der Waals surface area (Å²) in [5.74, 6) is -2.33. The van der Waals surface area contributed by atoms with Crippen molar-refractivity contribution in [1.82, 2.24) is 30.3 Å². The van der Waals surface area contributed by atoms with Crippen molar-refractivity contribution in [2.24, 2.45) is 5.41 Å². The number of ketones is 1. The summed E-state index contributed by atoms with van der Waals surface area (Å²) in [5.41, 5.74) is 0.395. The highest BCUT2D eigenvalue weighted by Gasteiger charge is 2.49. The quantitative estimate of drug-likeness (QED) is 0.426. The fourth-order valence-electron chi connectivity index (χ4n) is 4.64. The largest absolute Gasteiger partial charge is 0.465 e. The van der Waals surface area contributed by atoms with E-state index in [0.717, 1.165) is 10.5 Å². The number of unbranched alkanes of at least 4 members (excludes halogenated alkanes) is 1. The number of nitrogens with one attached hydrogen (secondary N) is 2. The molecule has 11 nitrogen and oxygen atoms in total. The van der Waals surface area contributed by atoms with Crippen molar-refractivity contribution >= 4 is 23.7 Å². The van der Waals surface area contributed by atoms with E-state index in [2.05, 4.69) is 20.5 Å². The van der Waals surface area contributed by atoms with Crippen LogP contribution in [0.1, 0.15) is 75.6 Å². The topological polar surface area (TPSA) is 149 Å². The Bertz CT molecular complexity index is 1070. The standard InChI is InChI=1S/C25H34N6O5/c1-5-6-12-18(20(32)22(33)28-16(2)17-10-8-7-9-11-17)31(24(35)36)19-13-25(3,4)14-30(19)23(34)21-26-15-27-29-21/h7-11,15-16,18-19H,5-6,12-14H2,1-4H3,(H,28,33)(H,35,36)(H,26,27,29)/t16?,18-,19?/m0/s1. The highest BCUT2D eigenvalue weighted by Crippen LogP contribution is 2.37. The predicted molar refractivity (Wildman–Crippen MR) is 131 cm³/mol. The van der Waals surface area contributed by atoms with Gasteiger partial charge in [0.05, 0.1) is 6.04 Å². The maximum atomic E-state index is 13.4. The van der Waals surface area contributed by atoms with E-state index < -0.39 is 47.4 Å². The number of benzene rings is 1. The van der Waals surface area contributed by atoms with Gasteiger partial charge in [0.1, 0.15) is 18.5 Å². The molecule has 3 rings (SSSR count). The molecular formula is C25H34N6O5. The fraction of sp³-hybridized carbons (Fsp3) is 0.520. The van der Waals surface area contributed by atoms with E-state index in [1.807, 2.05) is 51.1 Å². The van der Waals surface area contributed by atoms with Crippen LogP contribution >= 0.6 is 0 Å². The monoisotopic (exact) mass is 498 g/mol. The van der Waals surface area contributed by atoms with Crippen molar-refractivity contribution in [3.63, 3.8) is 0 Å². The van der Waals surface area contributed by atoms with Crippen molar-refractivity contribution < 1.29 is 24.3 Å². The van der Waals surface area contributed by atoms with Gasteiger partial charge in [-0.15, -0.1) is 5.10 Å². The minimum absolute atomic E-state index is 0.0890. The zero-order valence-electron chi connectivity index (χ0n) is 21.1. The van der Waals surface area contributed by atoms with E-state index in [-0.39, 0.29) is 18.8 Å². The van der Waals surface area contributed by atoms with Crippen molar-refractivity contribution in [3.8, 4) is 0 Å². The molecule has 1 aromatic heterocycles. The number of aromatic amines is 1. The minimum atomic E-state index is -1.37. The number of amides is 3. The molecule has 1 fully saturated rings. The molecule has 0 saturated carbocycles. The number of hydrogen-bond donors (Lipinski definition) is 3.